The van der Waals surface area contributed by atoms with E-state index in [1.54, 1.807) is 18.3 Å². The number of carbonyl (C=O) groups excluding carboxylic acids is 1. The van der Waals surface area contributed by atoms with E-state index < -0.39 is 17.3 Å². The molecule has 0 fully saturated rings. The molecule has 0 aliphatic rings. The summed E-state index contributed by atoms with van der Waals surface area (Å²) >= 11 is 0. The molecule has 0 saturated carbocycles. The molecule has 1 atom stereocenters. The van der Waals surface area contributed by atoms with Crippen molar-refractivity contribution in [2.45, 2.75) is 39.5 Å². The molecule has 0 bridgehead atoms. The maximum absolute atomic E-state index is 13.5. The Hall–Kier alpha value is -2.57. The quantitative estimate of drug-likeness (QED) is 0.669. The fraction of sp³-hybridized carbons (Fsp3) is 0.429. The van der Waals surface area contributed by atoms with Gasteiger partial charge in [0, 0.05) is 37.7 Å². The van der Waals surface area contributed by atoms with Gasteiger partial charge < -0.3 is 10.1 Å². The Morgan fingerprint density at radius 2 is 2.04 bits per heavy atom. The third kappa shape index (κ3) is 6.55. The van der Waals surface area contributed by atoms with Gasteiger partial charge in [0.05, 0.1) is 6.61 Å². The van der Waals surface area contributed by atoms with Gasteiger partial charge in [-0.1, -0.05) is 26.3 Å². The summed E-state index contributed by atoms with van der Waals surface area (Å²) in [7, 11) is 0. The molecule has 4 nitrogen and oxygen atoms in total. The molecular weight excluding hydrogens is 369 g/mol. The van der Waals surface area contributed by atoms with Crippen molar-refractivity contribution in [2.75, 3.05) is 13.2 Å². The largest absolute Gasteiger partial charge is 0.493 e. The van der Waals surface area contributed by atoms with E-state index in [0.717, 1.165) is 30.2 Å². The van der Waals surface area contributed by atoms with Crippen LogP contribution in [0.5, 0.6) is 5.75 Å². The Morgan fingerprint density at radius 1 is 1.29 bits per heavy atom. The smallest absolute Gasteiger partial charge is 0.270 e. The summed E-state index contributed by atoms with van der Waals surface area (Å²) in [4.78, 5) is 16.2. The molecule has 1 amide bonds. The lowest BCUT2D eigenvalue weighted by atomic mass is 10.1. The zero-order valence-corrected chi connectivity index (χ0v) is 16.3. The molecule has 0 aliphatic heterocycles. The van der Waals surface area contributed by atoms with Crippen LogP contribution < -0.4 is 10.1 Å². The Bertz CT molecular complexity index is 789. The Balaban J connectivity index is 1.89. The summed E-state index contributed by atoms with van der Waals surface area (Å²) in [5.41, 5.74) is 0.709. The van der Waals surface area contributed by atoms with Gasteiger partial charge in [0.25, 0.3) is 11.8 Å². The highest BCUT2D eigenvalue weighted by molar-refractivity contribution is 5.92. The Labute approximate surface area is 163 Å². The summed E-state index contributed by atoms with van der Waals surface area (Å²) in [6, 6.07) is 6.37. The molecule has 1 aromatic heterocycles. The first-order valence-electron chi connectivity index (χ1n) is 9.24. The highest BCUT2D eigenvalue weighted by Crippen LogP contribution is 2.30. The summed E-state index contributed by atoms with van der Waals surface area (Å²) in [5.74, 6) is -3.70. The lowest BCUT2D eigenvalue weighted by Gasteiger charge is -2.13. The van der Waals surface area contributed by atoms with Crippen molar-refractivity contribution in [2.24, 2.45) is 5.92 Å². The van der Waals surface area contributed by atoms with Crippen LogP contribution in [-0.4, -0.2) is 24.0 Å². The molecule has 1 aromatic carbocycles. The maximum Gasteiger partial charge on any atom is 0.270 e. The van der Waals surface area contributed by atoms with Gasteiger partial charge in [0.1, 0.15) is 17.3 Å². The third-order valence-electron chi connectivity index (χ3n) is 4.40. The Morgan fingerprint density at radius 3 is 2.64 bits per heavy atom. The molecule has 7 heteroatoms. The molecule has 0 aliphatic carbocycles. The minimum absolute atomic E-state index is 0.0468. The van der Waals surface area contributed by atoms with Crippen molar-refractivity contribution in [1.29, 1.82) is 0 Å². The average molecular weight is 394 g/mol. The van der Waals surface area contributed by atoms with Gasteiger partial charge in [-0.15, -0.1) is 0 Å². The SMILES string of the molecule is CCC(C)CNC(=O)c1ccc(CCOc2cc(F)cc(C(C)(F)F)c2)cn1. The molecular formula is C21H25F3N2O2. The number of halogens is 3. The van der Waals surface area contributed by atoms with E-state index in [9.17, 15) is 18.0 Å². The summed E-state index contributed by atoms with van der Waals surface area (Å²) in [5, 5.41) is 2.83. The second-order valence-electron chi connectivity index (χ2n) is 6.94. The van der Waals surface area contributed by atoms with E-state index in [1.165, 1.54) is 0 Å². The molecule has 28 heavy (non-hydrogen) atoms. The number of nitrogens with one attached hydrogen (secondary N) is 1. The highest BCUT2D eigenvalue weighted by atomic mass is 19.3. The van der Waals surface area contributed by atoms with Crippen LogP contribution >= 0.6 is 0 Å². The number of pyridine rings is 1. The number of carbonyl (C=O) groups is 1. The fourth-order valence-corrected chi connectivity index (χ4v) is 2.39. The zero-order chi connectivity index (χ0) is 20.7. The van der Waals surface area contributed by atoms with Gasteiger partial charge in [-0.05, 0) is 29.7 Å². The van der Waals surface area contributed by atoms with Crippen LogP contribution in [0, 0.1) is 11.7 Å². The first-order chi connectivity index (χ1) is 13.2. The van der Waals surface area contributed by atoms with E-state index in [-0.39, 0.29) is 18.3 Å². The second-order valence-corrected chi connectivity index (χ2v) is 6.94. The molecule has 2 aromatic rings. The van der Waals surface area contributed by atoms with Crippen molar-refractivity contribution in [1.82, 2.24) is 10.3 Å². The normalized spacial score (nSPS) is 12.5. The van der Waals surface area contributed by atoms with Gasteiger partial charge in [-0.25, -0.2) is 13.2 Å². The number of rotatable bonds is 9. The number of ether oxygens (including phenoxy) is 1. The Kier molecular flexibility index (Phi) is 7.43. The number of amides is 1. The van der Waals surface area contributed by atoms with Crippen molar-refractivity contribution in [3.05, 3.63) is 59.2 Å². The van der Waals surface area contributed by atoms with E-state index >= 15 is 0 Å². The predicted molar refractivity (Wildman–Crippen MR) is 101 cm³/mol. The third-order valence-corrected chi connectivity index (χ3v) is 4.40. The lowest BCUT2D eigenvalue weighted by Crippen LogP contribution is -2.28. The minimum atomic E-state index is -3.14. The number of hydrogen-bond donors (Lipinski definition) is 1. The first-order valence-corrected chi connectivity index (χ1v) is 9.24. The molecule has 1 N–H and O–H groups in total. The average Bonchev–Trinajstić information content (AvgIpc) is 2.65. The predicted octanol–water partition coefficient (Wildman–Crippen LogP) is 4.73. The summed E-state index contributed by atoms with van der Waals surface area (Å²) in [6.07, 6.45) is 2.99. The van der Waals surface area contributed by atoms with Gasteiger partial charge in [-0.3, -0.25) is 9.78 Å². The number of nitrogens with zero attached hydrogens (tertiary/aromatic N) is 1. The van der Waals surface area contributed by atoms with Gasteiger partial charge in [-0.2, -0.15) is 0 Å². The molecule has 0 saturated heterocycles. The van der Waals surface area contributed by atoms with Crippen molar-refractivity contribution in [3.8, 4) is 5.75 Å². The zero-order valence-electron chi connectivity index (χ0n) is 16.3. The topological polar surface area (TPSA) is 51.2 Å². The van der Waals surface area contributed by atoms with Crippen LogP contribution in [0.2, 0.25) is 0 Å². The van der Waals surface area contributed by atoms with Crippen molar-refractivity contribution in [3.63, 3.8) is 0 Å². The van der Waals surface area contributed by atoms with E-state index in [2.05, 4.69) is 24.1 Å². The van der Waals surface area contributed by atoms with Crippen molar-refractivity contribution < 1.29 is 22.7 Å². The second kappa shape index (κ2) is 9.57. The number of aromatic nitrogens is 1. The molecule has 2 rings (SSSR count). The molecule has 0 spiro atoms. The van der Waals surface area contributed by atoms with Crippen LogP contribution in [0.15, 0.2) is 36.5 Å². The van der Waals surface area contributed by atoms with Crippen LogP contribution in [0.1, 0.15) is 48.8 Å². The molecule has 1 unspecified atom stereocenters. The van der Waals surface area contributed by atoms with Gasteiger partial charge >= 0.3 is 0 Å². The van der Waals surface area contributed by atoms with Crippen LogP contribution in [0.4, 0.5) is 13.2 Å². The van der Waals surface area contributed by atoms with Gasteiger partial charge in [0.2, 0.25) is 0 Å². The minimum Gasteiger partial charge on any atom is -0.493 e. The summed E-state index contributed by atoms with van der Waals surface area (Å²) in [6.45, 7) is 5.58. The molecule has 152 valence electrons. The van der Waals surface area contributed by atoms with Crippen molar-refractivity contribution >= 4 is 5.91 Å². The number of alkyl halides is 2. The molecule has 0 radical (unpaired) electrons. The highest BCUT2D eigenvalue weighted by Gasteiger charge is 2.25. The lowest BCUT2D eigenvalue weighted by molar-refractivity contribution is 0.0168. The number of hydrogen-bond acceptors (Lipinski definition) is 3. The molecule has 1 heterocycles. The van der Waals surface area contributed by atoms with Crippen LogP contribution in [0.25, 0.3) is 0 Å². The first kappa shape index (κ1) is 21.7. The fourth-order valence-electron chi connectivity index (χ4n) is 2.39. The van der Waals surface area contributed by atoms with E-state index in [0.29, 0.717) is 31.5 Å². The van der Waals surface area contributed by atoms with Crippen LogP contribution in [0.3, 0.4) is 0 Å². The monoisotopic (exact) mass is 394 g/mol. The van der Waals surface area contributed by atoms with E-state index in [1.807, 2.05) is 0 Å². The van der Waals surface area contributed by atoms with Crippen LogP contribution in [-0.2, 0) is 12.3 Å². The standard InChI is InChI=1S/C21H25F3N2O2/c1-4-14(2)12-26-20(27)19-6-5-15(13-25-19)7-8-28-18-10-16(21(3,23)24)9-17(22)11-18/h5-6,9-11,13-14H,4,7-8,12H2,1-3H3,(H,26,27). The van der Waals surface area contributed by atoms with Gasteiger partial charge in [0.15, 0.2) is 0 Å². The maximum atomic E-state index is 13.5. The summed E-state index contributed by atoms with van der Waals surface area (Å²) < 4.78 is 45.6. The number of benzene rings is 1. The van der Waals surface area contributed by atoms with E-state index in [4.69, 9.17) is 4.74 Å².